The minimum atomic E-state index is -0.388. The maximum atomic E-state index is 11.6. The predicted octanol–water partition coefficient (Wildman–Crippen LogP) is 4.69. The summed E-state index contributed by atoms with van der Waals surface area (Å²) in [5.74, 6) is 0.443. The number of anilines is 1. The topological polar surface area (TPSA) is 98.8 Å². The smallest absolute Gasteiger partial charge is 0.293 e. The van der Waals surface area contributed by atoms with Crippen LogP contribution in [0.25, 0.3) is 22.7 Å². The number of nitro benzene ring substituents is 1. The Hall–Kier alpha value is -3.66. The summed E-state index contributed by atoms with van der Waals surface area (Å²) in [6.07, 6.45) is 1.61. The second-order valence-corrected chi connectivity index (χ2v) is 6.45. The number of imidazole rings is 1. The van der Waals surface area contributed by atoms with E-state index in [1.165, 1.54) is 6.07 Å². The highest BCUT2D eigenvalue weighted by molar-refractivity contribution is 5.91. The van der Waals surface area contributed by atoms with E-state index in [9.17, 15) is 15.4 Å². The summed E-state index contributed by atoms with van der Waals surface area (Å²) in [5.41, 5.74) is 4.20. The molecule has 1 heterocycles. The van der Waals surface area contributed by atoms with E-state index in [2.05, 4.69) is 16.0 Å². The lowest BCUT2D eigenvalue weighted by Crippen LogP contribution is -2.22. The molecule has 28 heavy (non-hydrogen) atoms. The molecule has 0 saturated heterocycles. The molecule has 0 spiro atoms. The molecule has 7 heteroatoms. The fourth-order valence-electron chi connectivity index (χ4n) is 3.18. The van der Waals surface area contributed by atoms with Crippen molar-refractivity contribution in [3.8, 4) is 6.07 Å². The van der Waals surface area contributed by atoms with E-state index in [-0.39, 0.29) is 10.6 Å². The predicted molar refractivity (Wildman–Crippen MR) is 111 cm³/mol. The number of aromatic amines is 1. The molecule has 0 aliphatic carbocycles. The zero-order valence-electron chi connectivity index (χ0n) is 16.1. The van der Waals surface area contributed by atoms with Gasteiger partial charge < -0.3 is 9.88 Å². The van der Waals surface area contributed by atoms with Gasteiger partial charge >= 0.3 is 0 Å². The summed E-state index contributed by atoms with van der Waals surface area (Å²) >= 11 is 0. The number of H-pyrrole nitrogens is 1. The maximum absolute atomic E-state index is 11.6. The molecular weight excluding hydrogens is 354 g/mol. The van der Waals surface area contributed by atoms with Crippen molar-refractivity contribution in [2.45, 2.75) is 20.8 Å². The number of nitrogens with zero attached hydrogens (tertiary/aromatic N) is 4. The molecule has 0 saturated carbocycles. The van der Waals surface area contributed by atoms with E-state index in [0.717, 1.165) is 16.6 Å². The van der Waals surface area contributed by atoms with Crippen LogP contribution in [0.5, 0.6) is 0 Å². The number of nitrogens with one attached hydrogen (secondary N) is 1. The lowest BCUT2D eigenvalue weighted by atomic mass is 10.1. The highest BCUT2D eigenvalue weighted by Crippen LogP contribution is 2.30. The van der Waals surface area contributed by atoms with Crippen LogP contribution in [0.3, 0.4) is 0 Å². The Labute approximate surface area is 163 Å². The van der Waals surface area contributed by atoms with Gasteiger partial charge in [0.15, 0.2) is 0 Å². The van der Waals surface area contributed by atoms with E-state index in [1.807, 2.05) is 43.9 Å². The molecule has 0 atom stereocenters. The number of allylic oxidation sites excluding steroid dienone is 1. The van der Waals surface area contributed by atoms with Gasteiger partial charge in [-0.15, -0.1) is 0 Å². The summed E-state index contributed by atoms with van der Waals surface area (Å²) in [6, 6.07) is 13.0. The zero-order chi connectivity index (χ0) is 20.3. The molecule has 3 aromatic rings. The fraction of sp³-hybridized carbons (Fsp3) is 0.238. The largest absolute Gasteiger partial charge is 0.367 e. The Morgan fingerprint density at radius 1 is 1.29 bits per heavy atom. The van der Waals surface area contributed by atoms with Crippen molar-refractivity contribution >= 4 is 34.1 Å². The standard InChI is InChI=1S/C21H21N5O2/c1-4-25(5-2)19-9-7-15(12-20(19)26(27)28)11-16(13-22)21-23-17-8-6-14(3)10-18(17)24-21/h6-12H,4-5H2,1-3H3,(H,23,24)/b16-11-. The number of benzene rings is 2. The summed E-state index contributed by atoms with van der Waals surface area (Å²) < 4.78 is 0. The average molecular weight is 375 g/mol. The number of rotatable bonds is 6. The number of nitro groups is 1. The number of aryl methyl sites for hydroxylation is 1. The van der Waals surface area contributed by atoms with Gasteiger partial charge in [0.1, 0.15) is 17.6 Å². The molecule has 0 amide bonds. The number of hydrogen-bond donors (Lipinski definition) is 1. The van der Waals surface area contributed by atoms with Gasteiger partial charge in [-0.1, -0.05) is 12.1 Å². The van der Waals surface area contributed by atoms with Crippen molar-refractivity contribution in [1.82, 2.24) is 9.97 Å². The highest BCUT2D eigenvalue weighted by atomic mass is 16.6. The third-order valence-electron chi connectivity index (χ3n) is 4.62. The number of fused-ring (bicyclic) bond motifs is 1. The van der Waals surface area contributed by atoms with Gasteiger partial charge in [0, 0.05) is 19.2 Å². The molecular formula is C21H21N5O2. The van der Waals surface area contributed by atoms with Crippen LogP contribution < -0.4 is 4.90 Å². The third-order valence-corrected chi connectivity index (χ3v) is 4.62. The molecule has 3 rings (SSSR count). The monoisotopic (exact) mass is 375 g/mol. The minimum Gasteiger partial charge on any atom is -0.367 e. The van der Waals surface area contributed by atoms with Gasteiger partial charge in [-0.2, -0.15) is 5.26 Å². The lowest BCUT2D eigenvalue weighted by molar-refractivity contribution is -0.384. The zero-order valence-corrected chi connectivity index (χ0v) is 16.1. The van der Waals surface area contributed by atoms with Gasteiger partial charge in [0.05, 0.1) is 21.5 Å². The molecule has 7 nitrogen and oxygen atoms in total. The van der Waals surface area contributed by atoms with Crippen LogP contribution in [0.15, 0.2) is 36.4 Å². The quantitative estimate of drug-likeness (QED) is 0.383. The maximum Gasteiger partial charge on any atom is 0.293 e. The molecule has 0 aliphatic heterocycles. The van der Waals surface area contributed by atoms with E-state index >= 15 is 0 Å². The summed E-state index contributed by atoms with van der Waals surface area (Å²) in [6.45, 7) is 7.25. The van der Waals surface area contributed by atoms with E-state index in [4.69, 9.17) is 0 Å². The van der Waals surface area contributed by atoms with Crippen molar-refractivity contribution in [2.24, 2.45) is 0 Å². The molecule has 2 aromatic carbocycles. The van der Waals surface area contributed by atoms with Crippen LogP contribution in [0.2, 0.25) is 0 Å². The van der Waals surface area contributed by atoms with Gasteiger partial charge in [-0.3, -0.25) is 10.1 Å². The van der Waals surface area contributed by atoms with Crippen molar-refractivity contribution in [3.63, 3.8) is 0 Å². The first-order valence-electron chi connectivity index (χ1n) is 9.08. The molecule has 0 bridgehead atoms. The molecule has 142 valence electrons. The van der Waals surface area contributed by atoms with Crippen LogP contribution in [0, 0.1) is 28.4 Å². The second kappa shape index (κ2) is 7.92. The van der Waals surface area contributed by atoms with Crippen LogP contribution >= 0.6 is 0 Å². The average Bonchev–Trinajstić information content (AvgIpc) is 3.10. The molecule has 0 aliphatic rings. The van der Waals surface area contributed by atoms with Gasteiger partial charge in [0.2, 0.25) is 0 Å². The third kappa shape index (κ3) is 3.71. The first kappa shape index (κ1) is 19.1. The number of hydrogen-bond acceptors (Lipinski definition) is 5. The van der Waals surface area contributed by atoms with Crippen molar-refractivity contribution in [3.05, 3.63) is 63.5 Å². The lowest BCUT2D eigenvalue weighted by Gasteiger charge is -2.20. The fourth-order valence-corrected chi connectivity index (χ4v) is 3.18. The summed E-state index contributed by atoms with van der Waals surface area (Å²) in [4.78, 5) is 20.7. The number of nitriles is 1. The molecule has 1 N–H and O–H groups in total. The van der Waals surface area contributed by atoms with E-state index in [1.54, 1.807) is 18.2 Å². The van der Waals surface area contributed by atoms with Gasteiger partial charge in [-0.05, 0) is 56.2 Å². The highest BCUT2D eigenvalue weighted by Gasteiger charge is 2.18. The molecule has 0 unspecified atom stereocenters. The van der Waals surface area contributed by atoms with Crippen LogP contribution in [0.1, 0.15) is 30.8 Å². The summed E-state index contributed by atoms with van der Waals surface area (Å²) in [7, 11) is 0. The van der Waals surface area contributed by atoms with Crippen LogP contribution in [-0.2, 0) is 0 Å². The van der Waals surface area contributed by atoms with Crippen molar-refractivity contribution in [2.75, 3.05) is 18.0 Å². The Balaban J connectivity index is 2.05. The minimum absolute atomic E-state index is 0.0231. The Morgan fingerprint density at radius 3 is 2.68 bits per heavy atom. The Bertz CT molecular complexity index is 1100. The van der Waals surface area contributed by atoms with Crippen LogP contribution in [-0.4, -0.2) is 28.0 Å². The SMILES string of the molecule is CCN(CC)c1ccc(/C=C(/C#N)c2nc3ccc(C)cc3[nH]2)cc1[N+](=O)[O-]. The Kier molecular flexibility index (Phi) is 5.41. The van der Waals surface area contributed by atoms with Gasteiger partial charge in [-0.25, -0.2) is 4.98 Å². The normalized spacial score (nSPS) is 11.4. The second-order valence-electron chi connectivity index (χ2n) is 6.45. The first-order valence-corrected chi connectivity index (χ1v) is 9.08. The van der Waals surface area contributed by atoms with Crippen LogP contribution in [0.4, 0.5) is 11.4 Å². The summed E-state index contributed by atoms with van der Waals surface area (Å²) in [5, 5.41) is 21.2. The van der Waals surface area contributed by atoms with Gasteiger partial charge in [0.25, 0.3) is 5.69 Å². The van der Waals surface area contributed by atoms with Crippen molar-refractivity contribution < 1.29 is 4.92 Å². The molecule has 1 aromatic heterocycles. The number of aromatic nitrogens is 2. The molecule has 0 fully saturated rings. The molecule has 0 radical (unpaired) electrons. The Morgan fingerprint density at radius 2 is 2.04 bits per heavy atom. The van der Waals surface area contributed by atoms with Crippen molar-refractivity contribution in [1.29, 1.82) is 5.26 Å². The van der Waals surface area contributed by atoms with E-state index in [0.29, 0.717) is 35.7 Å². The van der Waals surface area contributed by atoms with E-state index < -0.39 is 0 Å². The first-order chi connectivity index (χ1) is 13.5.